The van der Waals surface area contributed by atoms with Gasteiger partial charge >= 0.3 is 0 Å². The van der Waals surface area contributed by atoms with Gasteiger partial charge in [-0.1, -0.05) is 43.4 Å². The number of hydrogen-bond acceptors (Lipinski definition) is 7. The molecule has 0 unspecified atom stereocenters. The lowest BCUT2D eigenvalue weighted by atomic mass is 10.1. The van der Waals surface area contributed by atoms with Crippen molar-refractivity contribution in [1.29, 1.82) is 5.41 Å². The van der Waals surface area contributed by atoms with Crippen LogP contribution in [0.5, 0.6) is 0 Å². The topological polar surface area (TPSA) is 102 Å². The van der Waals surface area contributed by atoms with E-state index in [0.29, 0.717) is 5.84 Å². The molecule has 9 heteroatoms. The number of thioether (sulfide) groups is 1. The molecule has 2 aromatic rings. The summed E-state index contributed by atoms with van der Waals surface area (Å²) in [4.78, 5) is 17.6. The third-order valence-corrected chi connectivity index (χ3v) is 7.65. The van der Waals surface area contributed by atoms with Gasteiger partial charge in [-0.25, -0.2) is 0 Å². The van der Waals surface area contributed by atoms with Crippen LogP contribution in [0.25, 0.3) is 6.08 Å². The predicted octanol–water partition coefficient (Wildman–Crippen LogP) is 5.89. The van der Waals surface area contributed by atoms with Crippen molar-refractivity contribution >= 4 is 47.7 Å². The van der Waals surface area contributed by atoms with Gasteiger partial charge in [0.1, 0.15) is 12.6 Å². The van der Waals surface area contributed by atoms with E-state index in [2.05, 4.69) is 52.4 Å². The maximum absolute atomic E-state index is 8.00. The Kier molecular flexibility index (Phi) is 20.5. The largest absolute Gasteiger partial charge is 0.359 e. The van der Waals surface area contributed by atoms with Crippen LogP contribution in [0.15, 0.2) is 45.6 Å². The average molecular weight is 549 g/mol. The smallest absolute Gasteiger partial charge is 0.120 e. The Labute approximate surface area is 233 Å². The van der Waals surface area contributed by atoms with E-state index in [-0.39, 0.29) is 0 Å². The van der Waals surface area contributed by atoms with Crippen molar-refractivity contribution in [3.63, 3.8) is 0 Å². The number of nitrogens with one attached hydrogen (secondary N) is 2. The number of benzene rings is 1. The zero-order valence-electron chi connectivity index (χ0n) is 23.6. The summed E-state index contributed by atoms with van der Waals surface area (Å²) in [5.74, 6) is 0.538. The summed E-state index contributed by atoms with van der Waals surface area (Å²) < 4.78 is 3.06. The van der Waals surface area contributed by atoms with Crippen molar-refractivity contribution in [2.45, 2.75) is 56.1 Å². The SMILES string of the molecule is C=O.CCCN.CN(C)CCN(C)C(=N)/C=C\c1cs[nH]1.CN=C(C)c1ccc(SC2CCCC2)cc1. The first-order chi connectivity index (χ1) is 17.8. The summed E-state index contributed by atoms with van der Waals surface area (Å²) in [6.45, 7) is 8.76. The molecule has 1 saturated carbocycles. The molecule has 1 aliphatic rings. The van der Waals surface area contributed by atoms with E-state index in [1.165, 1.54) is 36.1 Å². The lowest BCUT2D eigenvalue weighted by molar-refractivity contribution is -0.0979. The van der Waals surface area contributed by atoms with E-state index in [1.807, 2.05) is 69.2 Å². The highest BCUT2D eigenvalue weighted by molar-refractivity contribution is 8.00. The van der Waals surface area contributed by atoms with E-state index in [0.717, 1.165) is 42.7 Å². The van der Waals surface area contributed by atoms with Crippen LogP contribution in [0.1, 0.15) is 57.2 Å². The van der Waals surface area contributed by atoms with Gasteiger partial charge in [0, 0.05) is 48.4 Å². The van der Waals surface area contributed by atoms with E-state index < -0.39 is 0 Å². The van der Waals surface area contributed by atoms with Gasteiger partial charge < -0.3 is 24.7 Å². The Morgan fingerprint density at radius 1 is 1.22 bits per heavy atom. The lowest BCUT2D eigenvalue weighted by Gasteiger charge is -2.20. The maximum Gasteiger partial charge on any atom is 0.120 e. The number of carbonyl (C=O) groups excluding carboxylic acids is 1. The molecule has 1 heterocycles. The molecule has 4 N–H and O–H groups in total. The molecule has 1 fully saturated rings. The number of nitrogens with two attached hydrogens (primary N) is 1. The van der Waals surface area contributed by atoms with Crippen molar-refractivity contribution in [2.24, 2.45) is 10.7 Å². The molecule has 1 aromatic carbocycles. The van der Waals surface area contributed by atoms with Gasteiger partial charge in [-0.05, 0) is 76.7 Å². The predicted molar refractivity (Wildman–Crippen MR) is 166 cm³/mol. The summed E-state index contributed by atoms with van der Waals surface area (Å²) in [5, 5.41) is 10.7. The quantitative estimate of drug-likeness (QED) is 0.268. The van der Waals surface area contributed by atoms with Gasteiger partial charge in [-0.3, -0.25) is 10.4 Å². The molecule has 0 bridgehead atoms. The minimum absolute atomic E-state index is 0.538. The highest BCUT2D eigenvalue weighted by Gasteiger charge is 2.15. The molecule has 1 aromatic heterocycles. The summed E-state index contributed by atoms with van der Waals surface area (Å²) in [7, 11) is 7.85. The molecule has 37 heavy (non-hydrogen) atoms. The van der Waals surface area contributed by atoms with Crippen molar-refractivity contribution in [1.82, 2.24) is 14.2 Å². The van der Waals surface area contributed by atoms with Crippen LogP contribution in [0.3, 0.4) is 0 Å². The molecule has 0 atom stereocenters. The number of likely N-dealkylation sites (N-methyl/N-ethyl adjacent to an activating group) is 2. The van der Waals surface area contributed by atoms with Gasteiger partial charge in [0.2, 0.25) is 0 Å². The summed E-state index contributed by atoms with van der Waals surface area (Å²) in [5.41, 5.74) is 8.45. The standard InChI is InChI=1S/C14H19NS.C10H18N4S.C3H9N.CH2O/c1-11(15-2)12-7-9-14(10-8-12)16-13-5-3-4-6-13;1-13(2)6-7-14(3)10(11)5-4-9-8-15-12-9;1-2-3-4;1-2/h7-10,13H,3-6H2,1-2H3;4-5,8,11-12H,6-7H2,1-3H3;2-4H2,1H3;1H2/b;5-4-,11-10?;;. The van der Waals surface area contributed by atoms with Crippen LogP contribution in [0.4, 0.5) is 0 Å². The molecule has 0 radical (unpaired) electrons. The second-order valence-electron chi connectivity index (χ2n) is 8.88. The molecular weight excluding hydrogens is 500 g/mol. The van der Waals surface area contributed by atoms with Crippen LogP contribution in [-0.4, -0.2) is 85.6 Å². The fraction of sp³-hybridized carbons (Fsp3) is 0.536. The molecule has 0 aliphatic heterocycles. The van der Waals surface area contributed by atoms with Crippen molar-refractivity contribution < 1.29 is 4.79 Å². The zero-order valence-corrected chi connectivity index (χ0v) is 25.3. The number of aliphatic imine (C=N–C) groups is 1. The van der Waals surface area contributed by atoms with E-state index in [1.54, 1.807) is 11.5 Å². The number of aromatic nitrogens is 1. The first-order valence-corrected chi connectivity index (χ1v) is 14.5. The van der Waals surface area contributed by atoms with Crippen LogP contribution in [0, 0.1) is 5.41 Å². The highest BCUT2D eigenvalue weighted by Crippen LogP contribution is 2.34. The van der Waals surface area contributed by atoms with Crippen LogP contribution in [-0.2, 0) is 4.79 Å². The lowest BCUT2D eigenvalue weighted by Crippen LogP contribution is -2.32. The molecule has 7 nitrogen and oxygen atoms in total. The Hall–Kier alpha value is -2.20. The van der Waals surface area contributed by atoms with Crippen molar-refractivity contribution in [3.05, 3.63) is 47.0 Å². The second-order valence-corrected chi connectivity index (χ2v) is 10.9. The number of carbonyl (C=O) groups is 1. The third kappa shape index (κ3) is 16.3. The van der Waals surface area contributed by atoms with E-state index in [9.17, 15) is 0 Å². The summed E-state index contributed by atoms with van der Waals surface area (Å²) in [6, 6.07) is 8.82. The Morgan fingerprint density at radius 2 is 1.78 bits per heavy atom. The van der Waals surface area contributed by atoms with Crippen molar-refractivity contribution in [2.75, 3.05) is 47.8 Å². The summed E-state index contributed by atoms with van der Waals surface area (Å²) in [6.07, 6.45) is 10.4. The van der Waals surface area contributed by atoms with Gasteiger partial charge in [0.05, 0.1) is 5.69 Å². The van der Waals surface area contributed by atoms with Gasteiger partial charge in [-0.15, -0.1) is 11.8 Å². The Balaban J connectivity index is 0.000000580. The number of nitrogens with zero attached hydrogens (tertiary/aromatic N) is 3. The van der Waals surface area contributed by atoms with Crippen molar-refractivity contribution in [3.8, 4) is 0 Å². The number of H-pyrrole nitrogens is 1. The molecule has 0 spiro atoms. The van der Waals surface area contributed by atoms with Crippen LogP contribution >= 0.6 is 23.3 Å². The van der Waals surface area contributed by atoms with Gasteiger partial charge in [-0.2, -0.15) is 0 Å². The fourth-order valence-corrected chi connectivity index (χ4v) is 4.72. The molecule has 208 valence electrons. The van der Waals surface area contributed by atoms with E-state index in [4.69, 9.17) is 15.9 Å². The number of rotatable bonds is 9. The monoisotopic (exact) mass is 548 g/mol. The maximum atomic E-state index is 8.00. The molecule has 0 amide bonds. The zero-order chi connectivity index (χ0) is 28.1. The minimum Gasteiger partial charge on any atom is -0.359 e. The number of aromatic amines is 1. The third-order valence-electron chi connectivity index (χ3n) is 5.58. The Bertz CT molecular complexity index is 872. The molecule has 3 rings (SSSR count). The number of amidine groups is 1. The first kappa shape index (κ1) is 34.8. The first-order valence-electron chi connectivity index (χ1n) is 12.7. The number of hydrogen-bond donors (Lipinski definition) is 3. The van der Waals surface area contributed by atoms with Gasteiger partial charge in [0.25, 0.3) is 0 Å². The normalized spacial score (nSPS) is 13.4. The molecular formula is C28H48N6OS2. The van der Waals surface area contributed by atoms with E-state index >= 15 is 0 Å². The molecule has 1 aliphatic carbocycles. The minimum atomic E-state index is 0.538. The summed E-state index contributed by atoms with van der Waals surface area (Å²) >= 11 is 3.60. The van der Waals surface area contributed by atoms with Crippen LogP contribution in [0.2, 0.25) is 0 Å². The van der Waals surface area contributed by atoms with Gasteiger partial charge in [0.15, 0.2) is 0 Å². The fourth-order valence-electron chi connectivity index (χ4n) is 3.07. The second kappa shape index (κ2) is 21.8. The average Bonchev–Trinajstić information content (AvgIpc) is 3.41. The molecule has 0 saturated heterocycles. The van der Waals surface area contributed by atoms with Crippen LogP contribution < -0.4 is 5.73 Å². The highest BCUT2D eigenvalue weighted by atomic mass is 32.2. The Morgan fingerprint density at radius 3 is 2.22 bits per heavy atom.